The highest BCUT2D eigenvalue weighted by molar-refractivity contribution is 7.13. The number of anilines is 1. The van der Waals surface area contributed by atoms with Crippen molar-refractivity contribution in [1.29, 1.82) is 0 Å². The number of unbranched alkanes of at least 4 members (excludes halogenated alkanes) is 1. The van der Waals surface area contributed by atoms with Crippen LogP contribution < -0.4 is 5.32 Å². The molecule has 0 fully saturated rings. The molecule has 1 atom stereocenters. The Morgan fingerprint density at radius 2 is 2.11 bits per heavy atom. The lowest BCUT2D eigenvalue weighted by Crippen LogP contribution is -2.10. The fourth-order valence-corrected chi connectivity index (χ4v) is 2.45. The van der Waals surface area contributed by atoms with Gasteiger partial charge in [0, 0.05) is 11.6 Å². The number of rotatable bonds is 6. The molecule has 2 aromatic rings. The number of halogens is 1. The van der Waals surface area contributed by atoms with Crippen LogP contribution in [0.1, 0.15) is 37.8 Å². The summed E-state index contributed by atoms with van der Waals surface area (Å²) in [5.41, 5.74) is 1.11. The summed E-state index contributed by atoms with van der Waals surface area (Å²) >= 11 is 1.59. The average Bonchev–Trinajstić information content (AvgIpc) is 2.88. The minimum Gasteiger partial charge on any atom is -0.355 e. The smallest absolute Gasteiger partial charge is 0.183 e. The minimum absolute atomic E-state index is 0.192. The van der Waals surface area contributed by atoms with Gasteiger partial charge in [0.05, 0.1) is 6.04 Å². The van der Waals surface area contributed by atoms with Crippen molar-refractivity contribution in [3.05, 3.63) is 47.2 Å². The monoisotopic (exact) mass is 264 g/mol. The van der Waals surface area contributed by atoms with Crippen LogP contribution in [0.4, 0.5) is 9.52 Å². The van der Waals surface area contributed by atoms with Gasteiger partial charge in [-0.15, -0.1) is 11.3 Å². The third kappa shape index (κ3) is 3.53. The summed E-state index contributed by atoms with van der Waals surface area (Å²) in [5, 5.41) is 6.28. The fraction of sp³-hybridized carbons (Fsp3) is 0.357. The molecule has 0 amide bonds. The van der Waals surface area contributed by atoms with Crippen LogP contribution in [0, 0.1) is 5.82 Å². The molecular weight excluding hydrogens is 247 g/mol. The van der Waals surface area contributed by atoms with E-state index in [2.05, 4.69) is 17.2 Å². The fourth-order valence-electron chi connectivity index (χ4n) is 1.87. The Kier molecular flexibility index (Phi) is 4.70. The number of hydrogen-bond donors (Lipinski definition) is 1. The van der Waals surface area contributed by atoms with E-state index in [1.54, 1.807) is 17.5 Å². The van der Waals surface area contributed by atoms with Crippen molar-refractivity contribution in [3.8, 4) is 0 Å². The second-order valence-corrected chi connectivity index (χ2v) is 5.12. The van der Waals surface area contributed by atoms with Gasteiger partial charge in [-0.3, -0.25) is 0 Å². The van der Waals surface area contributed by atoms with E-state index in [0.717, 1.165) is 30.0 Å². The van der Waals surface area contributed by atoms with Crippen molar-refractivity contribution in [1.82, 2.24) is 4.98 Å². The zero-order valence-electron chi connectivity index (χ0n) is 10.4. The minimum atomic E-state index is -0.192. The van der Waals surface area contributed by atoms with Gasteiger partial charge in [-0.25, -0.2) is 9.37 Å². The maximum absolute atomic E-state index is 12.9. The molecule has 0 spiro atoms. The summed E-state index contributed by atoms with van der Waals surface area (Å²) in [6.45, 7) is 2.17. The normalized spacial score (nSPS) is 12.3. The Morgan fingerprint density at radius 3 is 2.72 bits per heavy atom. The number of hydrogen-bond acceptors (Lipinski definition) is 3. The zero-order chi connectivity index (χ0) is 12.8. The Hall–Kier alpha value is -1.42. The summed E-state index contributed by atoms with van der Waals surface area (Å²) in [6.07, 6.45) is 5.11. The van der Waals surface area contributed by atoms with Crippen molar-refractivity contribution < 1.29 is 4.39 Å². The first-order valence-electron chi connectivity index (χ1n) is 6.21. The SMILES string of the molecule is CCCCC(Nc1nccs1)c1ccc(F)cc1. The molecule has 2 nitrogen and oxygen atoms in total. The molecule has 0 aliphatic rings. The molecule has 18 heavy (non-hydrogen) atoms. The molecule has 0 radical (unpaired) electrons. The standard InChI is InChI=1S/C14H17FN2S/c1-2-3-4-13(17-14-16-9-10-18-14)11-5-7-12(15)8-6-11/h5-10,13H,2-4H2,1H3,(H,16,17). The molecule has 2 rings (SSSR count). The van der Waals surface area contributed by atoms with Crippen LogP contribution in [0.2, 0.25) is 0 Å². The van der Waals surface area contributed by atoms with Gasteiger partial charge in [-0.1, -0.05) is 31.9 Å². The summed E-state index contributed by atoms with van der Waals surface area (Å²) < 4.78 is 12.9. The first-order chi connectivity index (χ1) is 8.79. The van der Waals surface area contributed by atoms with Gasteiger partial charge >= 0.3 is 0 Å². The number of thiazole rings is 1. The summed E-state index contributed by atoms with van der Waals surface area (Å²) in [4.78, 5) is 4.24. The molecule has 1 aromatic carbocycles. The van der Waals surface area contributed by atoms with Gasteiger partial charge in [0.1, 0.15) is 5.82 Å². The van der Waals surface area contributed by atoms with Gasteiger partial charge in [0.2, 0.25) is 0 Å². The molecule has 0 aliphatic carbocycles. The van der Waals surface area contributed by atoms with Crippen molar-refractivity contribution >= 4 is 16.5 Å². The van der Waals surface area contributed by atoms with E-state index in [9.17, 15) is 4.39 Å². The van der Waals surface area contributed by atoms with Gasteiger partial charge in [-0.05, 0) is 24.1 Å². The average molecular weight is 264 g/mol. The van der Waals surface area contributed by atoms with Crippen LogP contribution >= 0.6 is 11.3 Å². The first-order valence-corrected chi connectivity index (χ1v) is 7.09. The highest BCUT2D eigenvalue weighted by Gasteiger charge is 2.12. The summed E-state index contributed by atoms with van der Waals surface area (Å²) in [6, 6.07) is 6.92. The molecule has 1 aromatic heterocycles. The second kappa shape index (κ2) is 6.50. The van der Waals surface area contributed by atoms with E-state index < -0.39 is 0 Å². The maximum Gasteiger partial charge on any atom is 0.183 e. The van der Waals surface area contributed by atoms with Crippen LogP contribution in [-0.2, 0) is 0 Å². The Bertz CT molecular complexity index is 453. The quantitative estimate of drug-likeness (QED) is 0.823. The molecule has 96 valence electrons. The topological polar surface area (TPSA) is 24.9 Å². The van der Waals surface area contributed by atoms with E-state index in [0.29, 0.717) is 0 Å². The molecule has 1 N–H and O–H groups in total. The van der Waals surface area contributed by atoms with E-state index in [-0.39, 0.29) is 11.9 Å². The van der Waals surface area contributed by atoms with E-state index in [1.165, 1.54) is 12.1 Å². The van der Waals surface area contributed by atoms with E-state index >= 15 is 0 Å². The molecule has 0 saturated carbocycles. The first kappa shape index (κ1) is 13.0. The second-order valence-electron chi connectivity index (χ2n) is 4.23. The lowest BCUT2D eigenvalue weighted by Gasteiger charge is -2.18. The molecule has 0 aliphatic heterocycles. The lowest BCUT2D eigenvalue weighted by atomic mass is 10.0. The summed E-state index contributed by atoms with van der Waals surface area (Å²) in [5.74, 6) is -0.192. The molecule has 1 heterocycles. The number of benzene rings is 1. The predicted molar refractivity (Wildman–Crippen MR) is 74.4 cm³/mol. The summed E-state index contributed by atoms with van der Waals surface area (Å²) in [7, 11) is 0. The van der Waals surface area contributed by atoms with Crippen molar-refractivity contribution in [3.63, 3.8) is 0 Å². The van der Waals surface area contributed by atoms with Crippen molar-refractivity contribution in [2.45, 2.75) is 32.2 Å². The van der Waals surface area contributed by atoms with E-state index in [1.807, 2.05) is 17.5 Å². The number of aromatic nitrogens is 1. The molecule has 1 unspecified atom stereocenters. The maximum atomic E-state index is 12.9. The van der Waals surface area contributed by atoms with Crippen molar-refractivity contribution in [2.24, 2.45) is 0 Å². The van der Waals surface area contributed by atoms with Crippen LogP contribution in [0.15, 0.2) is 35.8 Å². The van der Waals surface area contributed by atoms with E-state index in [4.69, 9.17) is 0 Å². The molecular formula is C14H17FN2S. The Morgan fingerprint density at radius 1 is 1.33 bits per heavy atom. The van der Waals surface area contributed by atoms with Gasteiger partial charge in [0.15, 0.2) is 5.13 Å². The third-order valence-corrected chi connectivity index (χ3v) is 3.55. The third-order valence-electron chi connectivity index (χ3n) is 2.85. The van der Waals surface area contributed by atoms with Gasteiger partial charge in [0.25, 0.3) is 0 Å². The number of nitrogens with zero attached hydrogens (tertiary/aromatic N) is 1. The van der Waals surface area contributed by atoms with Crippen LogP contribution in [0.3, 0.4) is 0 Å². The van der Waals surface area contributed by atoms with Crippen LogP contribution in [-0.4, -0.2) is 4.98 Å². The molecule has 0 bridgehead atoms. The Labute approximate surface area is 111 Å². The lowest BCUT2D eigenvalue weighted by molar-refractivity contribution is 0.616. The highest BCUT2D eigenvalue weighted by atomic mass is 32.1. The molecule has 0 saturated heterocycles. The van der Waals surface area contributed by atoms with Crippen molar-refractivity contribution in [2.75, 3.05) is 5.32 Å². The predicted octanol–water partition coefficient (Wildman–Crippen LogP) is 4.63. The largest absolute Gasteiger partial charge is 0.355 e. The van der Waals surface area contributed by atoms with Gasteiger partial charge in [-0.2, -0.15) is 0 Å². The number of nitrogens with one attached hydrogen (secondary N) is 1. The van der Waals surface area contributed by atoms with Crippen LogP contribution in [0.25, 0.3) is 0 Å². The highest BCUT2D eigenvalue weighted by Crippen LogP contribution is 2.25. The zero-order valence-corrected chi connectivity index (χ0v) is 11.2. The van der Waals surface area contributed by atoms with Crippen LogP contribution in [0.5, 0.6) is 0 Å². The molecule has 4 heteroatoms. The Balaban J connectivity index is 2.11. The van der Waals surface area contributed by atoms with Gasteiger partial charge < -0.3 is 5.32 Å².